The Morgan fingerprint density at radius 3 is 2.50 bits per heavy atom. The normalized spacial score (nSPS) is 24.4. The van der Waals surface area contributed by atoms with E-state index < -0.39 is 0 Å². The molecule has 0 N–H and O–H groups in total. The minimum atomic E-state index is -0.363. The summed E-state index contributed by atoms with van der Waals surface area (Å²) in [6.45, 7) is 7.63. The number of hydrogen-bond donors (Lipinski definition) is 0. The molecule has 1 atom stereocenters. The van der Waals surface area contributed by atoms with Crippen molar-refractivity contribution in [2.75, 3.05) is 38.3 Å². The van der Waals surface area contributed by atoms with Crippen molar-refractivity contribution in [2.45, 2.75) is 24.7 Å². The van der Waals surface area contributed by atoms with Crippen LogP contribution in [0, 0.1) is 0 Å². The van der Waals surface area contributed by atoms with Crippen LogP contribution in [0.25, 0.3) is 0 Å². The number of benzene rings is 1. The molecule has 0 amide bonds. The fourth-order valence-corrected chi connectivity index (χ4v) is 3.63. The maximum atomic E-state index is 5.82. The first-order chi connectivity index (χ1) is 10.6. The molecule has 0 aliphatic carbocycles. The standard InChI is InChI=1S/C16H22N2O3S/c1-16(2)14(22-17-15(19-3)21-16)12-4-6-13(7-5-12)18-8-10-20-11-9-18/h4-7,14H,8-11H2,1-3H3. The van der Waals surface area contributed by atoms with Gasteiger partial charge in [0.1, 0.15) is 5.60 Å². The predicted molar refractivity (Wildman–Crippen MR) is 89.4 cm³/mol. The summed E-state index contributed by atoms with van der Waals surface area (Å²) in [6, 6.07) is 8.68. The van der Waals surface area contributed by atoms with E-state index in [-0.39, 0.29) is 10.9 Å². The lowest BCUT2D eigenvalue weighted by atomic mass is 9.97. The molecule has 0 bridgehead atoms. The lowest BCUT2D eigenvalue weighted by Gasteiger charge is -2.36. The van der Waals surface area contributed by atoms with Crippen molar-refractivity contribution in [2.24, 2.45) is 4.40 Å². The van der Waals surface area contributed by atoms with Crippen molar-refractivity contribution in [1.82, 2.24) is 0 Å². The summed E-state index contributed by atoms with van der Waals surface area (Å²) in [5, 5.41) is 0.144. The van der Waals surface area contributed by atoms with Crippen molar-refractivity contribution in [1.29, 1.82) is 0 Å². The van der Waals surface area contributed by atoms with E-state index in [0.717, 1.165) is 26.3 Å². The van der Waals surface area contributed by atoms with Crippen LogP contribution in [-0.2, 0) is 14.2 Å². The summed E-state index contributed by atoms with van der Waals surface area (Å²) in [7, 11) is 1.58. The SMILES string of the molecule is COC1=NSC(c2ccc(N3CCOCC3)cc2)C(C)(C)O1. The van der Waals surface area contributed by atoms with E-state index in [1.807, 2.05) is 0 Å². The minimum Gasteiger partial charge on any atom is -0.453 e. The zero-order chi connectivity index (χ0) is 15.6. The Hall–Kier alpha value is -1.40. The Bertz CT molecular complexity index is 539. The Labute approximate surface area is 135 Å². The van der Waals surface area contributed by atoms with Crippen molar-refractivity contribution >= 4 is 23.7 Å². The molecule has 1 saturated heterocycles. The number of nitrogens with zero attached hydrogens (tertiary/aromatic N) is 2. The van der Waals surface area contributed by atoms with Gasteiger partial charge in [-0.2, -0.15) is 0 Å². The third kappa shape index (κ3) is 3.17. The molecule has 0 spiro atoms. The van der Waals surface area contributed by atoms with E-state index in [2.05, 4.69) is 47.4 Å². The smallest absolute Gasteiger partial charge is 0.395 e. The first kappa shape index (κ1) is 15.5. The van der Waals surface area contributed by atoms with Gasteiger partial charge in [0.15, 0.2) is 0 Å². The molecule has 5 nitrogen and oxygen atoms in total. The molecule has 120 valence electrons. The summed E-state index contributed by atoms with van der Waals surface area (Å²) in [6.07, 6.45) is 0.344. The molecule has 2 heterocycles. The van der Waals surface area contributed by atoms with Gasteiger partial charge in [-0.25, -0.2) is 0 Å². The highest BCUT2D eigenvalue weighted by Gasteiger charge is 2.38. The second kappa shape index (κ2) is 6.38. The Morgan fingerprint density at radius 2 is 1.91 bits per heavy atom. The summed E-state index contributed by atoms with van der Waals surface area (Å²) in [5.74, 6) is 0. The predicted octanol–water partition coefficient (Wildman–Crippen LogP) is 3.02. The average molecular weight is 322 g/mol. The molecule has 2 aliphatic rings. The molecule has 3 rings (SSSR count). The molecular weight excluding hydrogens is 300 g/mol. The Morgan fingerprint density at radius 1 is 1.23 bits per heavy atom. The molecule has 22 heavy (non-hydrogen) atoms. The van der Waals surface area contributed by atoms with E-state index in [9.17, 15) is 0 Å². The largest absolute Gasteiger partial charge is 0.453 e. The molecule has 1 aromatic rings. The number of rotatable bonds is 2. The van der Waals surface area contributed by atoms with E-state index in [0.29, 0.717) is 6.08 Å². The van der Waals surface area contributed by atoms with Crippen molar-refractivity contribution in [3.8, 4) is 0 Å². The van der Waals surface area contributed by atoms with Gasteiger partial charge < -0.3 is 19.1 Å². The van der Waals surface area contributed by atoms with Crippen LogP contribution in [0.4, 0.5) is 5.69 Å². The molecule has 6 heteroatoms. The highest BCUT2D eigenvalue weighted by molar-refractivity contribution is 7.98. The maximum absolute atomic E-state index is 5.82. The highest BCUT2D eigenvalue weighted by Crippen LogP contribution is 2.44. The summed E-state index contributed by atoms with van der Waals surface area (Å²) >= 11 is 1.50. The van der Waals surface area contributed by atoms with Gasteiger partial charge >= 0.3 is 6.08 Å². The van der Waals surface area contributed by atoms with Crippen LogP contribution in [0.3, 0.4) is 0 Å². The quantitative estimate of drug-likeness (QED) is 0.783. The van der Waals surface area contributed by atoms with Gasteiger partial charge in [0.25, 0.3) is 0 Å². The molecule has 0 radical (unpaired) electrons. The third-order valence-electron chi connectivity index (χ3n) is 3.96. The van der Waals surface area contributed by atoms with Crippen molar-refractivity contribution in [3.63, 3.8) is 0 Å². The van der Waals surface area contributed by atoms with Gasteiger partial charge in [0.05, 0.1) is 25.6 Å². The second-order valence-electron chi connectivity index (χ2n) is 5.94. The molecule has 0 aromatic heterocycles. The Kier molecular flexibility index (Phi) is 4.49. The third-order valence-corrected chi connectivity index (χ3v) is 5.27. The first-order valence-corrected chi connectivity index (χ1v) is 8.33. The monoisotopic (exact) mass is 322 g/mol. The van der Waals surface area contributed by atoms with Crippen molar-refractivity contribution in [3.05, 3.63) is 29.8 Å². The number of morpholine rings is 1. The van der Waals surface area contributed by atoms with Gasteiger partial charge in [-0.1, -0.05) is 12.1 Å². The zero-order valence-corrected chi connectivity index (χ0v) is 14.1. The van der Waals surface area contributed by atoms with E-state index in [1.165, 1.54) is 23.2 Å². The molecular formula is C16H22N2O3S. The van der Waals surface area contributed by atoms with Crippen LogP contribution in [0.15, 0.2) is 28.7 Å². The summed E-state index contributed by atoms with van der Waals surface area (Å²) in [5.41, 5.74) is 2.09. The van der Waals surface area contributed by atoms with Crippen LogP contribution in [0.1, 0.15) is 24.7 Å². The number of hydrogen-bond acceptors (Lipinski definition) is 6. The van der Waals surface area contributed by atoms with E-state index in [4.69, 9.17) is 14.2 Å². The topological polar surface area (TPSA) is 43.3 Å². The molecule has 0 saturated carbocycles. The number of ether oxygens (including phenoxy) is 3. The van der Waals surface area contributed by atoms with Gasteiger partial charge in [-0.3, -0.25) is 0 Å². The van der Waals surface area contributed by atoms with Crippen molar-refractivity contribution < 1.29 is 14.2 Å². The van der Waals surface area contributed by atoms with Crippen LogP contribution in [0.5, 0.6) is 0 Å². The van der Waals surface area contributed by atoms with Gasteiger partial charge in [0, 0.05) is 18.8 Å². The molecule has 1 aromatic carbocycles. The van der Waals surface area contributed by atoms with Crippen LogP contribution >= 0.6 is 11.9 Å². The Balaban J connectivity index is 1.76. The summed E-state index contributed by atoms with van der Waals surface area (Å²) in [4.78, 5) is 2.35. The fourth-order valence-electron chi connectivity index (χ4n) is 2.74. The highest BCUT2D eigenvalue weighted by atomic mass is 32.2. The number of methoxy groups -OCH3 is 1. The van der Waals surface area contributed by atoms with Gasteiger partial charge in [-0.15, -0.1) is 4.40 Å². The first-order valence-electron chi connectivity index (χ1n) is 7.49. The second-order valence-corrected chi connectivity index (χ2v) is 6.81. The van der Waals surface area contributed by atoms with E-state index >= 15 is 0 Å². The average Bonchev–Trinajstić information content (AvgIpc) is 2.55. The molecule has 1 fully saturated rings. The molecule has 1 unspecified atom stereocenters. The van der Waals surface area contributed by atoms with Gasteiger partial charge in [-0.05, 0) is 43.5 Å². The van der Waals surface area contributed by atoms with Crippen LogP contribution in [-0.4, -0.2) is 45.1 Å². The van der Waals surface area contributed by atoms with Crippen LogP contribution < -0.4 is 4.90 Å². The fraction of sp³-hybridized carbons (Fsp3) is 0.562. The van der Waals surface area contributed by atoms with E-state index in [1.54, 1.807) is 7.11 Å². The maximum Gasteiger partial charge on any atom is 0.395 e. The van der Waals surface area contributed by atoms with Crippen LogP contribution in [0.2, 0.25) is 0 Å². The lowest BCUT2D eigenvalue weighted by molar-refractivity contribution is 0.0478. The van der Waals surface area contributed by atoms with Gasteiger partial charge in [0.2, 0.25) is 0 Å². The summed E-state index contributed by atoms with van der Waals surface area (Å²) < 4.78 is 20.6. The minimum absolute atomic E-state index is 0.144. The number of anilines is 1. The molecule has 2 aliphatic heterocycles. The zero-order valence-electron chi connectivity index (χ0n) is 13.2. The lowest BCUT2D eigenvalue weighted by Crippen LogP contribution is -2.37.